The Kier molecular flexibility index (Phi) is 17.2. The summed E-state index contributed by atoms with van der Waals surface area (Å²) in [6.45, 7) is 10.2. The van der Waals surface area contributed by atoms with Gasteiger partial charge in [0.05, 0.1) is 0 Å². The molecule has 0 bridgehead atoms. The fourth-order valence-corrected chi connectivity index (χ4v) is 1.43. The predicted molar refractivity (Wildman–Crippen MR) is 71.0 cm³/mol. The molecule has 1 aromatic rings. The van der Waals surface area contributed by atoms with Gasteiger partial charge in [-0.1, -0.05) is 65.0 Å². The lowest BCUT2D eigenvalue weighted by Crippen LogP contribution is -1.77. The summed E-state index contributed by atoms with van der Waals surface area (Å²) >= 11 is 1.96. The Labute approximate surface area is 94.1 Å². The van der Waals surface area contributed by atoms with Gasteiger partial charge in [-0.3, -0.25) is 0 Å². The summed E-state index contributed by atoms with van der Waals surface area (Å²) in [5.74, 6) is 2.35. The molecule has 0 heterocycles. The maximum atomic E-state index is 2.19. The first kappa shape index (κ1) is 16.0. The average molecular weight is 212 g/mol. The van der Waals surface area contributed by atoms with Gasteiger partial charge in [-0.2, -0.15) is 11.8 Å². The highest BCUT2D eigenvalue weighted by atomic mass is 32.2. The van der Waals surface area contributed by atoms with Crippen LogP contribution in [0.15, 0.2) is 30.3 Å². The highest BCUT2D eigenvalue weighted by Crippen LogP contribution is 2.09. The molecule has 14 heavy (non-hydrogen) atoms. The van der Waals surface area contributed by atoms with E-state index in [0.29, 0.717) is 0 Å². The normalized spacial score (nSPS) is 7.79. The van der Waals surface area contributed by atoms with Gasteiger partial charge < -0.3 is 0 Å². The van der Waals surface area contributed by atoms with E-state index in [1.165, 1.54) is 11.3 Å². The molecule has 0 saturated heterocycles. The SMILES string of the molecule is CC.CC.CCSCc1ccccc1. The molecule has 0 aliphatic carbocycles. The van der Waals surface area contributed by atoms with Crippen molar-refractivity contribution in [2.75, 3.05) is 5.75 Å². The van der Waals surface area contributed by atoms with Crippen molar-refractivity contribution < 1.29 is 0 Å². The van der Waals surface area contributed by atoms with E-state index < -0.39 is 0 Å². The Balaban J connectivity index is 0. The van der Waals surface area contributed by atoms with Crippen molar-refractivity contribution >= 4 is 11.8 Å². The molecule has 82 valence electrons. The van der Waals surface area contributed by atoms with Gasteiger partial charge in [0, 0.05) is 5.75 Å². The van der Waals surface area contributed by atoms with Gasteiger partial charge in [0.15, 0.2) is 0 Å². The molecule has 0 saturated carbocycles. The maximum Gasteiger partial charge on any atom is 0.0184 e. The van der Waals surface area contributed by atoms with E-state index >= 15 is 0 Å². The fourth-order valence-electron chi connectivity index (χ4n) is 0.794. The third-order valence-electron chi connectivity index (χ3n) is 1.32. The van der Waals surface area contributed by atoms with E-state index in [4.69, 9.17) is 0 Å². The number of rotatable bonds is 3. The van der Waals surface area contributed by atoms with Crippen LogP contribution in [0.3, 0.4) is 0 Å². The first-order valence-electron chi connectivity index (χ1n) is 5.55. The molecule has 0 spiro atoms. The van der Waals surface area contributed by atoms with Crippen molar-refractivity contribution in [1.82, 2.24) is 0 Å². The number of benzene rings is 1. The summed E-state index contributed by atoms with van der Waals surface area (Å²) in [5, 5.41) is 0. The Morgan fingerprint density at radius 2 is 1.43 bits per heavy atom. The Morgan fingerprint density at radius 3 is 1.86 bits per heavy atom. The van der Waals surface area contributed by atoms with Gasteiger partial charge in [-0.25, -0.2) is 0 Å². The first-order valence-corrected chi connectivity index (χ1v) is 6.70. The van der Waals surface area contributed by atoms with Gasteiger partial charge >= 0.3 is 0 Å². The van der Waals surface area contributed by atoms with E-state index in [9.17, 15) is 0 Å². The van der Waals surface area contributed by atoms with Crippen LogP contribution in [0, 0.1) is 0 Å². The van der Waals surface area contributed by atoms with Gasteiger partial charge in [0.25, 0.3) is 0 Å². The van der Waals surface area contributed by atoms with Crippen LogP contribution in [-0.4, -0.2) is 5.75 Å². The lowest BCUT2D eigenvalue weighted by atomic mass is 10.2. The van der Waals surface area contributed by atoms with Gasteiger partial charge in [-0.05, 0) is 11.3 Å². The molecule has 0 amide bonds. The first-order chi connectivity index (χ1) is 6.93. The summed E-state index contributed by atoms with van der Waals surface area (Å²) in [6, 6.07) is 10.6. The number of hydrogen-bond acceptors (Lipinski definition) is 1. The summed E-state index contributed by atoms with van der Waals surface area (Å²) in [5.41, 5.74) is 1.43. The molecule has 0 radical (unpaired) electrons. The second-order valence-electron chi connectivity index (χ2n) is 2.12. The quantitative estimate of drug-likeness (QED) is 0.680. The van der Waals surface area contributed by atoms with Crippen molar-refractivity contribution in [1.29, 1.82) is 0 Å². The molecule has 0 atom stereocenters. The monoisotopic (exact) mass is 212 g/mol. The maximum absolute atomic E-state index is 2.19. The minimum atomic E-state index is 1.15. The highest BCUT2D eigenvalue weighted by Gasteiger charge is 1.87. The van der Waals surface area contributed by atoms with E-state index in [1.54, 1.807) is 0 Å². The van der Waals surface area contributed by atoms with E-state index in [0.717, 1.165) is 5.75 Å². The van der Waals surface area contributed by atoms with Crippen LogP contribution in [-0.2, 0) is 5.75 Å². The molecular formula is C13H24S. The minimum Gasteiger partial charge on any atom is -0.157 e. The average Bonchev–Trinajstić information content (AvgIpc) is 2.33. The van der Waals surface area contributed by atoms with Crippen molar-refractivity contribution in [3.63, 3.8) is 0 Å². The summed E-state index contributed by atoms with van der Waals surface area (Å²) < 4.78 is 0. The predicted octanol–water partition coefficient (Wildman–Crippen LogP) is 4.99. The van der Waals surface area contributed by atoms with E-state index in [1.807, 2.05) is 39.5 Å². The van der Waals surface area contributed by atoms with Crippen molar-refractivity contribution in [3.8, 4) is 0 Å². The summed E-state index contributed by atoms with van der Waals surface area (Å²) in [4.78, 5) is 0. The Hall–Kier alpha value is -0.430. The third-order valence-corrected chi connectivity index (χ3v) is 2.26. The standard InChI is InChI=1S/C9H12S.2C2H6/c1-2-10-8-9-6-4-3-5-7-9;2*1-2/h3-7H,2,8H2,1H3;2*1-2H3. The second kappa shape index (κ2) is 15.1. The number of thioether (sulfide) groups is 1. The molecule has 0 N–H and O–H groups in total. The molecule has 1 rings (SSSR count). The molecule has 1 aromatic carbocycles. The largest absolute Gasteiger partial charge is 0.157 e. The molecule has 0 unspecified atom stereocenters. The van der Waals surface area contributed by atoms with Crippen LogP contribution >= 0.6 is 11.8 Å². The van der Waals surface area contributed by atoms with Gasteiger partial charge in [0.2, 0.25) is 0 Å². The van der Waals surface area contributed by atoms with Crippen molar-refractivity contribution in [2.45, 2.75) is 40.4 Å². The smallest absolute Gasteiger partial charge is 0.0184 e. The molecule has 0 fully saturated rings. The van der Waals surface area contributed by atoms with Crippen LogP contribution in [0.25, 0.3) is 0 Å². The zero-order chi connectivity index (χ0) is 11.2. The second-order valence-corrected chi connectivity index (χ2v) is 3.40. The lowest BCUT2D eigenvalue weighted by Gasteiger charge is -1.96. The molecule has 0 aromatic heterocycles. The lowest BCUT2D eigenvalue weighted by molar-refractivity contribution is 1.40. The molecular weight excluding hydrogens is 188 g/mol. The Morgan fingerprint density at radius 1 is 0.929 bits per heavy atom. The van der Waals surface area contributed by atoms with Crippen LogP contribution in [0.4, 0.5) is 0 Å². The molecule has 0 aliphatic heterocycles. The van der Waals surface area contributed by atoms with Crippen LogP contribution in [0.2, 0.25) is 0 Å². The van der Waals surface area contributed by atoms with Gasteiger partial charge in [-0.15, -0.1) is 0 Å². The summed E-state index contributed by atoms with van der Waals surface area (Å²) in [6.07, 6.45) is 0. The topological polar surface area (TPSA) is 0 Å². The van der Waals surface area contributed by atoms with Crippen molar-refractivity contribution in [2.24, 2.45) is 0 Å². The molecule has 1 heteroatoms. The number of hydrogen-bond donors (Lipinski definition) is 0. The van der Waals surface area contributed by atoms with Gasteiger partial charge in [0.1, 0.15) is 0 Å². The Bertz CT molecular complexity index is 170. The van der Waals surface area contributed by atoms with Crippen LogP contribution in [0.1, 0.15) is 40.2 Å². The zero-order valence-electron chi connectivity index (χ0n) is 10.2. The van der Waals surface area contributed by atoms with Crippen LogP contribution in [0.5, 0.6) is 0 Å². The van der Waals surface area contributed by atoms with E-state index in [2.05, 4.69) is 37.3 Å². The van der Waals surface area contributed by atoms with Crippen LogP contribution < -0.4 is 0 Å². The molecule has 0 aliphatic rings. The highest BCUT2D eigenvalue weighted by molar-refractivity contribution is 7.98. The van der Waals surface area contributed by atoms with E-state index in [-0.39, 0.29) is 0 Å². The molecule has 0 nitrogen and oxygen atoms in total. The zero-order valence-corrected chi connectivity index (χ0v) is 11.0. The fraction of sp³-hybridized carbons (Fsp3) is 0.538. The summed E-state index contributed by atoms with van der Waals surface area (Å²) in [7, 11) is 0. The van der Waals surface area contributed by atoms with Crippen molar-refractivity contribution in [3.05, 3.63) is 35.9 Å². The third kappa shape index (κ3) is 9.66. The minimum absolute atomic E-state index is 1.15.